The summed E-state index contributed by atoms with van der Waals surface area (Å²) in [5.41, 5.74) is 3.37. The molecule has 1 amide bonds. The highest BCUT2D eigenvalue weighted by molar-refractivity contribution is 6.04. The maximum atomic E-state index is 12.9. The summed E-state index contributed by atoms with van der Waals surface area (Å²) in [7, 11) is 0. The molecule has 0 saturated carbocycles. The van der Waals surface area contributed by atoms with E-state index in [9.17, 15) is 9.18 Å². The molecule has 122 valence electrons. The first-order chi connectivity index (χ1) is 12.2. The zero-order valence-electron chi connectivity index (χ0n) is 12.9. The van der Waals surface area contributed by atoms with Gasteiger partial charge in [-0.2, -0.15) is 9.61 Å². The monoisotopic (exact) mass is 333 g/mol. The summed E-state index contributed by atoms with van der Waals surface area (Å²) in [5, 5.41) is 14.9. The van der Waals surface area contributed by atoms with E-state index >= 15 is 0 Å². The molecular weight excluding hydrogens is 321 g/mol. The van der Waals surface area contributed by atoms with E-state index < -0.39 is 0 Å². The number of rotatable bonds is 3. The number of halogens is 1. The molecule has 2 aromatic heterocycles. The summed E-state index contributed by atoms with van der Waals surface area (Å²) >= 11 is 0. The Bertz CT molecular complexity index is 1040. The van der Waals surface area contributed by atoms with E-state index in [-0.39, 0.29) is 11.7 Å². The van der Waals surface area contributed by atoms with E-state index in [1.54, 1.807) is 16.6 Å². The zero-order valence-corrected chi connectivity index (χ0v) is 12.9. The standard InChI is InChI=1S/C18H12FN5O/c19-14-5-1-13(2-6-14)18(25)21-15-7-3-12(4-8-15)16-9-10-17-22-20-11-24(17)23-16/h1-11H,(H,21,25). The molecule has 0 bridgehead atoms. The SMILES string of the molecule is O=C(Nc1ccc(-c2ccc3nncn3n2)cc1)c1ccc(F)cc1. The van der Waals surface area contributed by atoms with Gasteiger partial charge in [0.1, 0.15) is 12.1 Å². The van der Waals surface area contributed by atoms with Crippen LogP contribution in [0.15, 0.2) is 67.0 Å². The lowest BCUT2D eigenvalue weighted by Gasteiger charge is -2.07. The minimum Gasteiger partial charge on any atom is -0.322 e. The molecule has 0 aliphatic carbocycles. The number of carbonyl (C=O) groups excluding carboxylic acids is 1. The number of carbonyl (C=O) groups is 1. The van der Waals surface area contributed by atoms with Gasteiger partial charge in [0.05, 0.1) is 5.69 Å². The first kappa shape index (κ1) is 14.9. The summed E-state index contributed by atoms with van der Waals surface area (Å²) in [6.45, 7) is 0. The fraction of sp³-hybridized carbons (Fsp3) is 0. The van der Waals surface area contributed by atoms with E-state index in [1.807, 2.05) is 24.3 Å². The third-order valence-electron chi connectivity index (χ3n) is 3.71. The largest absolute Gasteiger partial charge is 0.322 e. The van der Waals surface area contributed by atoms with E-state index in [0.29, 0.717) is 16.9 Å². The Morgan fingerprint density at radius 1 is 0.960 bits per heavy atom. The van der Waals surface area contributed by atoms with Crippen LogP contribution in [0, 0.1) is 5.82 Å². The first-order valence-electron chi connectivity index (χ1n) is 7.53. The van der Waals surface area contributed by atoms with Crippen molar-refractivity contribution >= 4 is 17.2 Å². The Balaban J connectivity index is 1.53. The van der Waals surface area contributed by atoms with Gasteiger partial charge in [-0.25, -0.2) is 4.39 Å². The van der Waals surface area contributed by atoms with Gasteiger partial charge in [-0.3, -0.25) is 4.79 Å². The van der Waals surface area contributed by atoms with E-state index in [2.05, 4.69) is 20.6 Å². The molecule has 0 fully saturated rings. The highest BCUT2D eigenvalue weighted by Gasteiger charge is 2.07. The van der Waals surface area contributed by atoms with Crippen molar-refractivity contribution in [3.05, 3.63) is 78.4 Å². The molecule has 7 heteroatoms. The smallest absolute Gasteiger partial charge is 0.255 e. The Morgan fingerprint density at radius 3 is 2.48 bits per heavy atom. The summed E-state index contributed by atoms with van der Waals surface area (Å²) in [6.07, 6.45) is 1.54. The van der Waals surface area contributed by atoms with E-state index in [0.717, 1.165) is 11.3 Å². The summed E-state index contributed by atoms with van der Waals surface area (Å²) in [4.78, 5) is 12.1. The lowest BCUT2D eigenvalue weighted by atomic mass is 10.1. The van der Waals surface area contributed by atoms with Crippen molar-refractivity contribution in [2.24, 2.45) is 0 Å². The normalized spacial score (nSPS) is 10.8. The second-order valence-electron chi connectivity index (χ2n) is 5.39. The maximum Gasteiger partial charge on any atom is 0.255 e. The molecule has 0 radical (unpaired) electrons. The predicted octanol–water partition coefficient (Wildman–Crippen LogP) is 3.18. The van der Waals surface area contributed by atoms with Gasteiger partial charge in [-0.05, 0) is 48.5 Å². The lowest BCUT2D eigenvalue weighted by Crippen LogP contribution is -2.11. The molecule has 6 nitrogen and oxygen atoms in total. The van der Waals surface area contributed by atoms with Crippen LogP contribution in [0.3, 0.4) is 0 Å². The molecule has 25 heavy (non-hydrogen) atoms. The number of fused-ring (bicyclic) bond motifs is 1. The molecule has 0 aliphatic heterocycles. The summed E-state index contributed by atoms with van der Waals surface area (Å²) in [6, 6.07) is 16.4. The Labute approximate surface area is 142 Å². The molecule has 0 saturated heterocycles. The molecule has 2 aromatic carbocycles. The van der Waals surface area contributed by atoms with Crippen molar-refractivity contribution in [1.29, 1.82) is 0 Å². The number of benzene rings is 2. The van der Waals surface area contributed by atoms with Gasteiger partial charge in [0, 0.05) is 16.8 Å². The van der Waals surface area contributed by atoms with Gasteiger partial charge < -0.3 is 5.32 Å². The van der Waals surface area contributed by atoms with E-state index in [4.69, 9.17) is 0 Å². The molecule has 4 aromatic rings. The van der Waals surface area contributed by atoms with Gasteiger partial charge in [0.2, 0.25) is 0 Å². The number of amides is 1. The average Bonchev–Trinajstić information content (AvgIpc) is 3.10. The van der Waals surface area contributed by atoms with Crippen molar-refractivity contribution < 1.29 is 9.18 Å². The van der Waals surface area contributed by atoms with Gasteiger partial charge >= 0.3 is 0 Å². The minimum absolute atomic E-state index is 0.295. The van der Waals surface area contributed by atoms with Gasteiger partial charge in [-0.1, -0.05) is 12.1 Å². The van der Waals surface area contributed by atoms with Crippen LogP contribution in [0.2, 0.25) is 0 Å². The molecule has 0 unspecified atom stereocenters. The third kappa shape index (κ3) is 3.07. The topological polar surface area (TPSA) is 72.2 Å². The number of aromatic nitrogens is 4. The Morgan fingerprint density at radius 2 is 1.72 bits per heavy atom. The maximum absolute atomic E-state index is 12.9. The fourth-order valence-electron chi connectivity index (χ4n) is 2.41. The predicted molar refractivity (Wildman–Crippen MR) is 90.6 cm³/mol. The number of hydrogen-bond acceptors (Lipinski definition) is 4. The minimum atomic E-state index is -0.376. The van der Waals surface area contributed by atoms with Crippen molar-refractivity contribution in [3.8, 4) is 11.3 Å². The Hall–Kier alpha value is -3.61. The Kier molecular flexibility index (Phi) is 3.66. The number of anilines is 1. The van der Waals surface area contributed by atoms with Crippen LogP contribution in [-0.2, 0) is 0 Å². The first-order valence-corrected chi connectivity index (χ1v) is 7.53. The number of hydrogen-bond donors (Lipinski definition) is 1. The second-order valence-corrected chi connectivity index (χ2v) is 5.39. The highest BCUT2D eigenvalue weighted by Crippen LogP contribution is 2.20. The molecule has 4 rings (SSSR count). The van der Waals surface area contributed by atoms with Gasteiger partial charge in [-0.15, -0.1) is 10.2 Å². The highest BCUT2D eigenvalue weighted by atomic mass is 19.1. The molecule has 0 spiro atoms. The van der Waals surface area contributed by atoms with Gasteiger partial charge in [0.25, 0.3) is 5.91 Å². The molecule has 1 N–H and O–H groups in total. The van der Waals surface area contributed by atoms with Crippen molar-refractivity contribution in [2.45, 2.75) is 0 Å². The van der Waals surface area contributed by atoms with Crippen LogP contribution in [0.5, 0.6) is 0 Å². The summed E-state index contributed by atoms with van der Waals surface area (Å²) < 4.78 is 14.5. The van der Waals surface area contributed by atoms with E-state index in [1.165, 1.54) is 30.6 Å². The molecule has 0 aliphatic rings. The van der Waals surface area contributed by atoms with Crippen LogP contribution in [0.1, 0.15) is 10.4 Å². The lowest BCUT2D eigenvalue weighted by molar-refractivity contribution is 0.102. The van der Waals surface area contributed by atoms with Gasteiger partial charge in [0.15, 0.2) is 5.65 Å². The van der Waals surface area contributed by atoms with Crippen molar-refractivity contribution in [2.75, 3.05) is 5.32 Å². The van der Waals surface area contributed by atoms with Crippen LogP contribution in [-0.4, -0.2) is 25.7 Å². The number of nitrogens with zero attached hydrogens (tertiary/aromatic N) is 4. The van der Waals surface area contributed by atoms with Crippen LogP contribution < -0.4 is 5.32 Å². The van der Waals surface area contributed by atoms with Crippen LogP contribution in [0.25, 0.3) is 16.9 Å². The van der Waals surface area contributed by atoms with Crippen LogP contribution >= 0.6 is 0 Å². The van der Waals surface area contributed by atoms with Crippen molar-refractivity contribution in [3.63, 3.8) is 0 Å². The van der Waals surface area contributed by atoms with Crippen LogP contribution in [0.4, 0.5) is 10.1 Å². The second kappa shape index (κ2) is 6.12. The quantitative estimate of drug-likeness (QED) is 0.625. The fourth-order valence-corrected chi connectivity index (χ4v) is 2.41. The molecule has 0 atom stereocenters. The number of nitrogens with one attached hydrogen (secondary N) is 1. The molecule has 2 heterocycles. The molecular formula is C18H12FN5O. The third-order valence-corrected chi connectivity index (χ3v) is 3.71. The summed E-state index contributed by atoms with van der Waals surface area (Å²) in [5.74, 6) is -0.671. The zero-order chi connectivity index (χ0) is 17.2. The average molecular weight is 333 g/mol. The van der Waals surface area contributed by atoms with Crippen molar-refractivity contribution in [1.82, 2.24) is 19.8 Å².